The Kier molecular flexibility index (Phi) is 15.3. The number of aromatic nitrogens is 9. The predicted octanol–water partition coefficient (Wildman–Crippen LogP) is 11.9. The number of benzene rings is 6. The fourth-order valence-corrected chi connectivity index (χ4v) is 7.77. The lowest BCUT2D eigenvalue weighted by molar-refractivity contribution is -0.158. The first-order valence-electron chi connectivity index (χ1n) is 23.8. The molecule has 0 saturated carbocycles. The molecule has 0 spiro atoms. The number of aromatic hydroxyl groups is 3. The van der Waals surface area contributed by atoms with E-state index in [0.717, 1.165) is 66.6 Å². The fourth-order valence-electron chi connectivity index (χ4n) is 7.77. The number of nitrogens with two attached hydrogens (primary N) is 2. The second kappa shape index (κ2) is 22.8. The number of fused-ring (bicyclic) bond motifs is 2. The minimum absolute atomic E-state index is 0.00410. The molecular weight excluding hydrogens is 983 g/mol. The molecule has 0 atom stereocenters. The minimum atomic E-state index is -3.27. The molecule has 6 aromatic carbocycles. The number of anilines is 7. The molecule has 0 amide bonds. The lowest BCUT2D eigenvalue weighted by Crippen LogP contribution is -2.18. The summed E-state index contributed by atoms with van der Waals surface area (Å²) in [6.45, 7) is 5.13. The summed E-state index contributed by atoms with van der Waals surface area (Å²) in [6.07, 6.45) is 4.47. The van der Waals surface area contributed by atoms with Crippen molar-refractivity contribution < 1.29 is 28.8 Å². The molecule has 11 N–H and O–H groups in total. The van der Waals surface area contributed by atoms with Gasteiger partial charge in [-0.3, -0.25) is 10.1 Å². The predicted molar refractivity (Wildman–Crippen MR) is 295 cm³/mol. The number of pyridine rings is 1. The third-order valence-electron chi connectivity index (χ3n) is 11.8. The van der Waals surface area contributed by atoms with E-state index in [1.165, 1.54) is 43.2 Å². The summed E-state index contributed by atoms with van der Waals surface area (Å²) >= 11 is 0. The largest absolute Gasteiger partial charge is 0.503 e. The SMILES string of the molecule is CC(F)(F)Oc1ccc(-c2ncnc(Nc3ccc(CN)cc3)c2O)cc1.Cc1ccc(-c2ncnc(Nc3ccc4c(N)n[nH]c4c3)c2O)cc1.Cc1ccc(-c2ncnc(Nc3ccc4ccncc4c3)c2O)cc1. The topological polar surface area (TPSA) is 277 Å². The van der Waals surface area contributed by atoms with Gasteiger partial charge in [0.25, 0.3) is 0 Å². The van der Waals surface area contributed by atoms with Gasteiger partial charge in [-0.25, -0.2) is 29.9 Å². The fraction of sp³-hybridized carbons (Fsp3) is 0.0877. The Labute approximate surface area is 439 Å². The molecule has 77 heavy (non-hydrogen) atoms. The molecule has 0 saturated heterocycles. The monoisotopic (exact) mass is 1030 g/mol. The molecule has 0 fully saturated rings. The second-order valence-electron chi connectivity index (χ2n) is 17.5. The van der Waals surface area contributed by atoms with Crippen LogP contribution in [0, 0.1) is 13.8 Å². The van der Waals surface area contributed by atoms with Gasteiger partial charge in [0.05, 0.1) is 5.52 Å². The molecule has 0 unspecified atom stereocenters. The summed E-state index contributed by atoms with van der Waals surface area (Å²) in [5.74, 6) is 1.25. The Hall–Kier alpha value is -10.3. The molecule has 0 bridgehead atoms. The van der Waals surface area contributed by atoms with Gasteiger partial charge in [-0.05, 0) is 97.6 Å². The number of H-pyrrole nitrogens is 1. The Balaban J connectivity index is 0.000000141. The van der Waals surface area contributed by atoms with E-state index in [1.807, 2.05) is 129 Å². The van der Waals surface area contributed by atoms with E-state index in [9.17, 15) is 24.1 Å². The van der Waals surface area contributed by atoms with Crippen LogP contribution in [0.4, 0.5) is 49.1 Å². The van der Waals surface area contributed by atoms with Crippen LogP contribution in [0.2, 0.25) is 0 Å². The van der Waals surface area contributed by atoms with E-state index < -0.39 is 6.11 Å². The highest BCUT2D eigenvalue weighted by Gasteiger charge is 2.23. The number of ether oxygens (including phenoxy) is 1. The number of hydrogen-bond acceptors (Lipinski definition) is 17. The molecule has 5 heterocycles. The standard InChI is InChI=1S/C20H16N4O.C19H18F2N4O2.C18H16N6O/c1-13-2-4-15(5-3-13)18-19(25)20(23-12-22-18)24-17-7-6-14-8-9-21-11-16(14)10-17;1-19(20,21)27-15-8-4-13(5-9-15)16-17(26)18(24-11-23-16)25-14-6-2-12(10-22)3-7-14;1-10-2-4-11(5-3-10)15-16(25)18(21-9-20-15)22-12-6-7-13-14(8-12)23-24-17(13)19/h2-12,25H,1H3,(H,22,23,24);2-9,11,26H,10,22H2,1H3,(H,23,24,25);2-9,25H,1H3,(H3,19,23,24)(H,20,21,22). The van der Waals surface area contributed by atoms with Gasteiger partial charge < -0.3 is 47.5 Å². The number of aromatic amines is 1. The summed E-state index contributed by atoms with van der Waals surface area (Å²) in [6, 6.07) is 42.2. The summed E-state index contributed by atoms with van der Waals surface area (Å²) in [5, 5.41) is 50.7. The van der Waals surface area contributed by atoms with Gasteiger partial charge in [0.15, 0.2) is 40.5 Å². The minimum Gasteiger partial charge on any atom is -0.503 e. The average molecular weight is 1030 g/mol. The highest BCUT2D eigenvalue weighted by molar-refractivity contribution is 5.91. The first kappa shape index (κ1) is 51.6. The summed E-state index contributed by atoms with van der Waals surface area (Å²) in [4.78, 5) is 29.0. The highest BCUT2D eigenvalue weighted by atomic mass is 19.3. The number of hydrogen-bond donors (Lipinski definition) is 9. The van der Waals surface area contributed by atoms with Crippen LogP contribution in [0.5, 0.6) is 23.0 Å². The zero-order chi connectivity index (χ0) is 54.1. The molecule has 0 aliphatic rings. The Morgan fingerprint density at radius 3 is 1.53 bits per heavy atom. The number of aryl methyl sites for hydroxylation is 2. The second-order valence-corrected chi connectivity index (χ2v) is 17.5. The van der Waals surface area contributed by atoms with Crippen LogP contribution in [0.25, 0.3) is 55.4 Å². The van der Waals surface area contributed by atoms with Crippen LogP contribution in [0.1, 0.15) is 23.6 Å². The van der Waals surface area contributed by atoms with Crippen molar-refractivity contribution in [2.45, 2.75) is 33.4 Å². The van der Waals surface area contributed by atoms with Crippen LogP contribution in [0.3, 0.4) is 0 Å². The quantitative estimate of drug-likeness (QED) is 0.0550. The van der Waals surface area contributed by atoms with Gasteiger partial charge in [-0.15, -0.1) is 0 Å². The van der Waals surface area contributed by atoms with E-state index in [1.54, 1.807) is 12.4 Å². The first-order valence-corrected chi connectivity index (χ1v) is 23.8. The molecular formula is C57H50F2N14O4. The maximum absolute atomic E-state index is 12.9. The molecule has 18 nitrogen and oxygen atoms in total. The van der Waals surface area contributed by atoms with E-state index in [-0.39, 0.29) is 34.5 Å². The average Bonchev–Trinajstić information content (AvgIpc) is 3.80. The Morgan fingerprint density at radius 1 is 0.558 bits per heavy atom. The van der Waals surface area contributed by atoms with Gasteiger partial charge in [0.1, 0.15) is 41.8 Å². The maximum Gasteiger partial charge on any atom is 0.394 e. The van der Waals surface area contributed by atoms with Crippen LogP contribution in [-0.2, 0) is 6.54 Å². The van der Waals surface area contributed by atoms with E-state index in [4.69, 9.17) is 11.5 Å². The van der Waals surface area contributed by atoms with Crippen LogP contribution >= 0.6 is 0 Å². The molecule has 11 rings (SSSR count). The molecule has 386 valence electrons. The molecule has 20 heteroatoms. The van der Waals surface area contributed by atoms with Crippen LogP contribution < -0.4 is 32.2 Å². The lowest BCUT2D eigenvalue weighted by Gasteiger charge is -2.14. The number of nitrogen functional groups attached to an aromatic ring is 1. The molecule has 0 aliphatic heterocycles. The zero-order valence-corrected chi connectivity index (χ0v) is 41.6. The van der Waals surface area contributed by atoms with Gasteiger partial charge in [0.2, 0.25) is 0 Å². The van der Waals surface area contributed by atoms with Crippen molar-refractivity contribution in [3.63, 3.8) is 0 Å². The third-order valence-corrected chi connectivity index (χ3v) is 11.8. The third kappa shape index (κ3) is 12.7. The van der Waals surface area contributed by atoms with Gasteiger partial charge in [-0.2, -0.15) is 13.9 Å². The van der Waals surface area contributed by atoms with Gasteiger partial charge >= 0.3 is 6.11 Å². The van der Waals surface area contributed by atoms with Crippen molar-refractivity contribution in [1.82, 2.24) is 45.1 Å². The van der Waals surface area contributed by atoms with Crippen molar-refractivity contribution in [2.24, 2.45) is 5.73 Å². The van der Waals surface area contributed by atoms with Crippen LogP contribution in [0.15, 0.2) is 171 Å². The molecule has 5 aromatic heterocycles. The summed E-state index contributed by atoms with van der Waals surface area (Å²) in [5.41, 5.74) is 21.2. The van der Waals surface area contributed by atoms with Crippen molar-refractivity contribution in [1.29, 1.82) is 0 Å². The smallest absolute Gasteiger partial charge is 0.394 e. The maximum atomic E-state index is 12.9. The van der Waals surface area contributed by atoms with Gasteiger partial charge in [-0.1, -0.05) is 77.9 Å². The molecule has 0 radical (unpaired) electrons. The molecule has 0 aliphatic carbocycles. The van der Waals surface area contributed by atoms with Crippen molar-refractivity contribution in [3.8, 4) is 56.8 Å². The van der Waals surface area contributed by atoms with Crippen molar-refractivity contribution in [3.05, 3.63) is 188 Å². The number of nitrogens with zero attached hydrogens (tertiary/aromatic N) is 8. The van der Waals surface area contributed by atoms with E-state index in [0.29, 0.717) is 47.9 Å². The Bertz CT molecular complexity index is 3810. The number of halogens is 2. The van der Waals surface area contributed by atoms with E-state index >= 15 is 0 Å². The summed E-state index contributed by atoms with van der Waals surface area (Å²) < 4.78 is 30.3. The number of nitrogens with one attached hydrogen (secondary N) is 4. The summed E-state index contributed by atoms with van der Waals surface area (Å²) in [7, 11) is 0. The number of alkyl halides is 2. The normalized spacial score (nSPS) is 11.0. The highest BCUT2D eigenvalue weighted by Crippen LogP contribution is 2.37. The van der Waals surface area contributed by atoms with Gasteiger partial charge in [0, 0.05) is 70.4 Å². The molecule has 11 aromatic rings. The van der Waals surface area contributed by atoms with Crippen molar-refractivity contribution in [2.75, 3.05) is 21.7 Å². The number of rotatable bonds is 12. The van der Waals surface area contributed by atoms with Crippen LogP contribution in [-0.4, -0.2) is 66.5 Å². The van der Waals surface area contributed by atoms with E-state index in [2.05, 4.69) is 65.8 Å². The lowest BCUT2D eigenvalue weighted by atomic mass is 10.1. The first-order chi connectivity index (χ1) is 37.2. The Morgan fingerprint density at radius 2 is 1.03 bits per heavy atom. The van der Waals surface area contributed by atoms with Crippen molar-refractivity contribution >= 4 is 62.0 Å². The zero-order valence-electron chi connectivity index (χ0n) is 41.6.